The van der Waals surface area contributed by atoms with Gasteiger partial charge in [-0.25, -0.2) is 0 Å². The number of hydrogen-bond donors (Lipinski definition) is 2. The Bertz CT molecular complexity index is 430. The highest BCUT2D eigenvalue weighted by atomic mass is 16.4. The van der Waals surface area contributed by atoms with Crippen LogP contribution in [0.5, 0.6) is 0 Å². The zero-order chi connectivity index (χ0) is 13.2. The summed E-state index contributed by atoms with van der Waals surface area (Å²) >= 11 is 0. The van der Waals surface area contributed by atoms with E-state index in [4.69, 9.17) is 0 Å². The number of aryl methyl sites for hydroxylation is 1. The Kier molecular flexibility index (Phi) is 3.71. The van der Waals surface area contributed by atoms with Crippen molar-refractivity contribution >= 4 is 5.97 Å². The second-order valence-corrected chi connectivity index (χ2v) is 5.21. The lowest BCUT2D eigenvalue weighted by Gasteiger charge is -2.25. The van der Waals surface area contributed by atoms with E-state index in [-0.39, 0.29) is 6.04 Å². The normalized spacial score (nSPS) is 27.6. The molecule has 5 nitrogen and oxygen atoms in total. The number of hydrogen-bond acceptors (Lipinski definition) is 3. The molecule has 0 radical (unpaired) electrons. The number of aliphatic carboxylic acids is 1. The van der Waals surface area contributed by atoms with Crippen LogP contribution in [0.1, 0.15) is 44.2 Å². The Balaban J connectivity index is 2.10. The maximum absolute atomic E-state index is 11.5. The van der Waals surface area contributed by atoms with E-state index in [1.54, 1.807) is 0 Å². The third-order valence-electron chi connectivity index (χ3n) is 3.72. The SMILES string of the molecule is CCCNC1(C(=O)O)CCC(n2cc(C)cn2)C1. The van der Waals surface area contributed by atoms with Gasteiger partial charge < -0.3 is 10.4 Å². The smallest absolute Gasteiger partial charge is 0.323 e. The van der Waals surface area contributed by atoms with Crippen LogP contribution in [0, 0.1) is 6.92 Å². The first-order valence-corrected chi connectivity index (χ1v) is 6.56. The number of rotatable bonds is 5. The van der Waals surface area contributed by atoms with Gasteiger partial charge in [0.15, 0.2) is 0 Å². The van der Waals surface area contributed by atoms with E-state index in [9.17, 15) is 9.90 Å². The predicted octanol–water partition coefficient (Wildman–Crippen LogP) is 1.74. The highest BCUT2D eigenvalue weighted by Crippen LogP contribution is 2.37. The summed E-state index contributed by atoms with van der Waals surface area (Å²) in [7, 11) is 0. The molecule has 2 atom stereocenters. The summed E-state index contributed by atoms with van der Waals surface area (Å²) in [6.45, 7) is 4.79. The van der Waals surface area contributed by atoms with Gasteiger partial charge in [0.25, 0.3) is 0 Å². The molecule has 1 aliphatic carbocycles. The Hall–Kier alpha value is -1.36. The Labute approximate surface area is 107 Å². The summed E-state index contributed by atoms with van der Waals surface area (Å²) in [4.78, 5) is 11.5. The monoisotopic (exact) mass is 251 g/mol. The topological polar surface area (TPSA) is 67.2 Å². The average Bonchev–Trinajstić information content (AvgIpc) is 2.93. The lowest BCUT2D eigenvalue weighted by molar-refractivity contribution is -0.144. The first-order valence-electron chi connectivity index (χ1n) is 6.56. The molecular formula is C13H21N3O2. The van der Waals surface area contributed by atoms with Gasteiger partial charge >= 0.3 is 5.97 Å². The minimum Gasteiger partial charge on any atom is -0.480 e. The molecule has 0 spiro atoms. The lowest BCUT2D eigenvalue weighted by atomic mass is 9.97. The van der Waals surface area contributed by atoms with Crippen molar-refractivity contribution in [1.29, 1.82) is 0 Å². The molecule has 0 saturated heterocycles. The molecule has 1 aliphatic rings. The Morgan fingerprint density at radius 2 is 2.50 bits per heavy atom. The molecule has 1 fully saturated rings. The maximum atomic E-state index is 11.5. The second-order valence-electron chi connectivity index (χ2n) is 5.21. The van der Waals surface area contributed by atoms with Crippen LogP contribution >= 0.6 is 0 Å². The predicted molar refractivity (Wildman–Crippen MR) is 68.5 cm³/mol. The molecule has 0 aromatic carbocycles. The van der Waals surface area contributed by atoms with Crippen molar-refractivity contribution in [3.05, 3.63) is 18.0 Å². The number of nitrogens with one attached hydrogen (secondary N) is 1. The zero-order valence-electron chi connectivity index (χ0n) is 11.0. The van der Waals surface area contributed by atoms with Crippen molar-refractivity contribution in [2.24, 2.45) is 0 Å². The van der Waals surface area contributed by atoms with E-state index >= 15 is 0 Å². The molecule has 2 unspecified atom stereocenters. The van der Waals surface area contributed by atoms with Crippen molar-refractivity contribution in [2.75, 3.05) is 6.54 Å². The molecule has 1 saturated carbocycles. The second kappa shape index (κ2) is 5.10. The number of carboxylic acids is 1. The van der Waals surface area contributed by atoms with Gasteiger partial charge in [-0.3, -0.25) is 9.48 Å². The lowest BCUT2D eigenvalue weighted by Crippen LogP contribution is -2.50. The van der Waals surface area contributed by atoms with E-state index in [0.717, 1.165) is 24.9 Å². The van der Waals surface area contributed by atoms with E-state index in [0.29, 0.717) is 12.8 Å². The molecule has 1 heterocycles. The Morgan fingerprint density at radius 3 is 3.06 bits per heavy atom. The summed E-state index contributed by atoms with van der Waals surface area (Å²) in [6, 6.07) is 0.194. The molecule has 0 aliphatic heterocycles. The highest BCUT2D eigenvalue weighted by Gasteiger charge is 2.45. The number of aromatic nitrogens is 2. The third-order valence-corrected chi connectivity index (χ3v) is 3.72. The number of nitrogens with zero attached hydrogens (tertiary/aromatic N) is 2. The summed E-state index contributed by atoms with van der Waals surface area (Å²) in [5.74, 6) is -0.734. The molecule has 2 rings (SSSR count). The van der Waals surface area contributed by atoms with E-state index in [2.05, 4.69) is 10.4 Å². The van der Waals surface area contributed by atoms with E-state index in [1.165, 1.54) is 0 Å². The van der Waals surface area contributed by atoms with Gasteiger partial charge in [-0.05, 0) is 44.7 Å². The van der Waals surface area contributed by atoms with Crippen LogP contribution in [0.15, 0.2) is 12.4 Å². The first kappa shape index (κ1) is 13.1. The molecular weight excluding hydrogens is 230 g/mol. The molecule has 0 amide bonds. The molecule has 0 bridgehead atoms. The quantitative estimate of drug-likeness (QED) is 0.836. The number of carboxylic acid groups (broad SMARTS) is 1. The maximum Gasteiger partial charge on any atom is 0.323 e. The molecule has 18 heavy (non-hydrogen) atoms. The van der Waals surface area contributed by atoms with Gasteiger partial charge in [0, 0.05) is 6.20 Å². The summed E-state index contributed by atoms with van der Waals surface area (Å²) in [5.41, 5.74) is 0.352. The van der Waals surface area contributed by atoms with Crippen molar-refractivity contribution in [2.45, 2.75) is 51.1 Å². The standard InChI is InChI=1S/C13H21N3O2/c1-3-6-14-13(12(17)18)5-4-11(7-13)16-9-10(2)8-15-16/h8-9,11,14H,3-7H2,1-2H3,(H,17,18). The van der Waals surface area contributed by atoms with Crippen LogP contribution in [0.25, 0.3) is 0 Å². The van der Waals surface area contributed by atoms with Gasteiger partial charge in [0.2, 0.25) is 0 Å². The fourth-order valence-corrected chi connectivity index (χ4v) is 2.67. The largest absolute Gasteiger partial charge is 0.480 e. The van der Waals surface area contributed by atoms with Crippen LogP contribution in [0.3, 0.4) is 0 Å². The van der Waals surface area contributed by atoms with Crippen LogP contribution in [0.4, 0.5) is 0 Å². The summed E-state index contributed by atoms with van der Waals surface area (Å²) < 4.78 is 1.91. The fraction of sp³-hybridized carbons (Fsp3) is 0.692. The molecule has 1 aromatic heterocycles. The van der Waals surface area contributed by atoms with Crippen molar-refractivity contribution in [3.8, 4) is 0 Å². The molecule has 2 N–H and O–H groups in total. The van der Waals surface area contributed by atoms with Crippen LogP contribution in [-0.2, 0) is 4.79 Å². The van der Waals surface area contributed by atoms with E-state index < -0.39 is 11.5 Å². The fourth-order valence-electron chi connectivity index (χ4n) is 2.67. The van der Waals surface area contributed by atoms with Gasteiger partial charge in [-0.15, -0.1) is 0 Å². The van der Waals surface area contributed by atoms with Gasteiger partial charge in [-0.2, -0.15) is 5.10 Å². The first-order chi connectivity index (χ1) is 8.57. The minimum atomic E-state index is -0.763. The van der Waals surface area contributed by atoms with Crippen LogP contribution < -0.4 is 5.32 Å². The number of carbonyl (C=O) groups is 1. The molecule has 5 heteroatoms. The highest BCUT2D eigenvalue weighted by molar-refractivity contribution is 5.79. The molecule has 1 aromatic rings. The van der Waals surface area contributed by atoms with Crippen molar-refractivity contribution in [1.82, 2.24) is 15.1 Å². The summed E-state index contributed by atoms with van der Waals surface area (Å²) in [5, 5.41) is 17.0. The van der Waals surface area contributed by atoms with Crippen molar-refractivity contribution in [3.63, 3.8) is 0 Å². The van der Waals surface area contributed by atoms with Crippen molar-refractivity contribution < 1.29 is 9.90 Å². The van der Waals surface area contributed by atoms with Crippen LogP contribution in [-0.4, -0.2) is 32.9 Å². The third kappa shape index (κ3) is 2.41. The van der Waals surface area contributed by atoms with Gasteiger partial charge in [-0.1, -0.05) is 6.92 Å². The van der Waals surface area contributed by atoms with Crippen LogP contribution in [0.2, 0.25) is 0 Å². The minimum absolute atomic E-state index is 0.194. The summed E-state index contributed by atoms with van der Waals surface area (Å²) in [6.07, 6.45) is 6.91. The zero-order valence-corrected chi connectivity index (χ0v) is 11.0. The van der Waals surface area contributed by atoms with Gasteiger partial charge in [0.1, 0.15) is 5.54 Å². The van der Waals surface area contributed by atoms with E-state index in [1.807, 2.05) is 30.9 Å². The Morgan fingerprint density at radius 1 is 1.72 bits per heavy atom. The van der Waals surface area contributed by atoms with Gasteiger partial charge in [0.05, 0.1) is 12.2 Å². The molecule has 100 valence electrons. The average molecular weight is 251 g/mol.